The van der Waals surface area contributed by atoms with Crippen LogP contribution in [0.2, 0.25) is 0 Å². The molecule has 3 aromatic carbocycles. The number of amides is 5. The van der Waals surface area contributed by atoms with E-state index in [-0.39, 0.29) is 37.9 Å². The smallest absolute Gasteiger partial charge is 0.252 e. The van der Waals surface area contributed by atoms with Gasteiger partial charge < -0.3 is 45.1 Å². The van der Waals surface area contributed by atoms with Crippen LogP contribution in [0.5, 0.6) is 23.0 Å². The summed E-state index contributed by atoms with van der Waals surface area (Å²) in [6.07, 6.45) is 2.42. The van der Waals surface area contributed by atoms with Crippen LogP contribution in [0.1, 0.15) is 60.5 Å². The molecule has 4 N–H and O–H groups in total. The van der Waals surface area contributed by atoms with Gasteiger partial charge in [0.2, 0.25) is 17.7 Å². The topological polar surface area (TPSA) is 174 Å². The number of benzene rings is 3. The third kappa shape index (κ3) is 10.9. The molecule has 54 heavy (non-hydrogen) atoms. The molecular formula is C40H49N5O9. The molecule has 4 bridgehead atoms. The van der Waals surface area contributed by atoms with Crippen LogP contribution < -0.4 is 35.5 Å². The number of nitrogens with one attached hydrogen (secondary N) is 4. The Labute approximate surface area is 315 Å². The Morgan fingerprint density at radius 1 is 0.870 bits per heavy atom. The van der Waals surface area contributed by atoms with Crippen LogP contribution in [0, 0.1) is 0 Å². The number of fused-ring (bicyclic) bond motifs is 18. The lowest BCUT2D eigenvalue weighted by Crippen LogP contribution is -2.54. The summed E-state index contributed by atoms with van der Waals surface area (Å²) in [6, 6.07) is 17.6. The van der Waals surface area contributed by atoms with Crippen LogP contribution in [0.3, 0.4) is 0 Å². The largest absolute Gasteiger partial charge is 0.496 e. The van der Waals surface area contributed by atoms with Crippen LogP contribution in [0.4, 0.5) is 0 Å². The normalized spacial score (nSPS) is 20.6. The summed E-state index contributed by atoms with van der Waals surface area (Å²) in [5, 5.41) is 11.3. The molecule has 1 saturated heterocycles. The van der Waals surface area contributed by atoms with Crippen molar-refractivity contribution in [3.63, 3.8) is 0 Å². The van der Waals surface area contributed by atoms with Gasteiger partial charge in [-0.25, -0.2) is 0 Å². The van der Waals surface area contributed by atoms with Crippen molar-refractivity contribution in [3.8, 4) is 23.0 Å². The molecule has 3 atom stereocenters. The standard InChI is InChI=1S/C40H49N5O9/c1-26-37(47)42-24-29-14-16-30(23-34(29)52-3)54-35-22-28(15-18-32(35)51-2)38(48)41-19-7-8-20-45(40(50)33-12-9-21-53-33)25-36(46)44-31(39(49)43-26)17-13-27-10-5-4-6-11-27/h4-6,10-11,14-16,18,22-23,26,31,33H,7-9,12-13,17,19-21,24-25H2,1-3H3,(H,41,48)(H,42,47)(H,43,49)(H,44,46)/t26-,31-,33-/m0/s1. The lowest BCUT2D eigenvalue weighted by molar-refractivity contribution is -0.144. The van der Waals surface area contributed by atoms with Gasteiger partial charge in [-0.1, -0.05) is 30.3 Å². The van der Waals surface area contributed by atoms with Gasteiger partial charge in [0.25, 0.3) is 11.8 Å². The molecule has 0 spiro atoms. The Morgan fingerprint density at radius 3 is 2.41 bits per heavy atom. The Morgan fingerprint density at radius 2 is 1.67 bits per heavy atom. The highest BCUT2D eigenvalue weighted by atomic mass is 16.5. The minimum absolute atomic E-state index is 0.0875. The van der Waals surface area contributed by atoms with Crippen molar-refractivity contribution in [1.82, 2.24) is 26.2 Å². The van der Waals surface area contributed by atoms with E-state index in [1.807, 2.05) is 30.3 Å². The van der Waals surface area contributed by atoms with Crippen molar-refractivity contribution >= 4 is 29.5 Å². The average Bonchev–Trinajstić information content (AvgIpc) is 3.73. The second kappa shape index (κ2) is 19.4. The molecule has 0 aliphatic carbocycles. The minimum Gasteiger partial charge on any atom is -0.496 e. The predicted octanol–water partition coefficient (Wildman–Crippen LogP) is 3.27. The third-order valence-corrected chi connectivity index (χ3v) is 9.33. The summed E-state index contributed by atoms with van der Waals surface area (Å²) < 4.78 is 22.8. The zero-order valence-corrected chi connectivity index (χ0v) is 31.0. The van der Waals surface area contributed by atoms with Gasteiger partial charge in [0.05, 0.1) is 20.8 Å². The summed E-state index contributed by atoms with van der Waals surface area (Å²) in [5.41, 5.74) is 1.98. The van der Waals surface area contributed by atoms with Gasteiger partial charge >= 0.3 is 0 Å². The van der Waals surface area contributed by atoms with E-state index in [9.17, 15) is 24.0 Å². The van der Waals surface area contributed by atoms with Crippen molar-refractivity contribution in [2.24, 2.45) is 0 Å². The van der Waals surface area contributed by atoms with E-state index in [1.54, 1.807) is 43.3 Å². The first-order valence-corrected chi connectivity index (χ1v) is 18.3. The maximum absolute atomic E-state index is 13.6. The van der Waals surface area contributed by atoms with Crippen molar-refractivity contribution < 1.29 is 42.9 Å². The van der Waals surface area contributed by atoms with Crippen LogP contribution in [-0.2, 0) is 36.9 Å². The van der Waals surface area contributed by atoms with Gasteiger partial charge in [0, 0.05) is 43.4 Å². The minimum atomic E-state index is -0.985. The van der Waals surface area contributed by atoms with Crippen LogP contribution >= 0.6 is 0 Å². The zero-order valence-electron chi connectivity index (χ0n) is 31.0. The van der Waals surface area contributed by atoms with Gasteiger partial charge in [0.15, 0.2) is 11.5 Å². The van der Waals surface area contributed by atoms with Crippen molar-refractivity contribution in [1.29, 1.82) is 0 Å². The number of nitrogens with zero attached hydrogens (tertiary/aromatic N) is 1. The zero-order chi connectivity index (χ0) is 38.5. The van der Waals surface area contributed by atoms with E-state index in [4.69, 9.17) is 18.9 Å². The highest BCUT2D eigenvalue weighted by Gasteiger charge is 2.31. The summed E-state index contributed by atoms with van der Waals surface area (Å²) >= 11 is 0. The second-order valence-electron chi connectivity index (χ2n) is 13.3. The maximum atomic E-state index is 13.6. The van der Waals surface area contributed by atoms with Crippen molar-refractivity contribution in [2.75, 3.05) is 40.5 Å². The highest BCUT2D eigenvalue weighted by molar-refractivity contribution is 5.95. The highest BCUT2D eigenvalue weighted by Crippen LogP contribution is 2.35. The molecular weight excluding hydrogens is 694 g/mol. The molecule has 288 valence electrons. The number of hydrogen-bond donors (Lipinski definition) is 4. The molecule has 14 heteroatoms. The number of ether oxygens (including phenoxy) is 4. The molecule has 0 radical (unpaired) electrons. The third-order valence-electron chi connectivity index (χ3n) is 9.33. The number of rotatable bonds is 6. The molecule has 0 aromatic heterocycles. The molecule has 0 saturated carbocycles. The number of carbonyl (C=O) groups is 5. The van der Waals surface area contributed by atoms with Crippen molar-refractivity contribution in [3.05, 3.63) is 83.4 Å². The summed E-state index contributed by atoms with van der Waals surface area (Å²) in [6.45, 7) is 2.39. The first kappa shape index (κ1) is 39.6. The fraction of sp³-hybridized carbons (Fsp3) is 0.425. The van der Waals surface area contributed by atoms with E-state index in [0.717, 1.165) is 12.0 Å². The van der Waals surface area contributed by atoms with Crippen LogP contribution in [0.15, 0.2) is 66.7 Å². The molecule has 3 aliphatic rings. The quantitative estimate of drug-likeness (QED) is 0.277. The molecule has 1 fully saturated rings. The van der Waals surface area contributed by atoms with Gasteiger partial charge in [0.1, 0.15) is 29.7 Å². The SMILES string of the molecule is COc1cc2ccc1CNC(=O)[C@H](C)NC(=O)[C@H](CCc1ccccc1)NC(=O)CN(C(=O)[C@@H]1CCCO1)CCCCNC(=O)c1ccc(OC)c(c1)O2. The Kier molecular flexibility index (Phi) is 14.3. The Bertz CT molecular complexity index is 1780. The lowest BCUT2D eigenvalue weighted by Gasteiger charge is -2.27. The number of aryl methyl sites for hydroxylation is 1. The molecule has 3 heterocycles. The fourth-order valence-electron chi connectivity index (χ4n) is 6.29. The molecule has 5 amide bonds. The van der Waals surface area contributed by atoms with Crippen molar-refractivity contribution in [2.45, 2.75) is 70.2 Å². The van der Waals surface area contributed by atoms with E-state index < -0.39 is 35.9 Å². The fourth-order valence-corrected chi connectivity index (χ4v) is 6.29. The Hall–Kier alpha value is -5.63. The first-order valence-electron chi connectivity index (χ1n) is 18.3. The summed E-state index contributed by atoms with van der Waals surface area (Å²) in [4.78, 5) is 68.5. The monoisotopic (exact) mass is 743 g/mol. The van der Waals surface area contributed by atoms with E-state index in [0.29, 0.717) is 73.0 Å². The number of carbonyl (C=O) groups excluding carboxylic acids is 5. The molecule has 3 aliphatic heterocycles. The predicted molar refractivity (Wildman–Crippen MR) is 199 cm³/mol. The number of methoxy groups -OCH3 is 2. The van der Waals surface area contributed by atoms with E-state index in [2.05, 4.69) is 21.3 Å². The van der Waals surface area contributed by atoms with Crippen LogP contribution in [0.25, 0.3) is 0 Å². The van der Waals surface area contributed by atoms with Gasteiger partial charge in [-0.05, 0) is 81.3 Å². The van der Waals surface area contributed by atoms with E-state index >= 15 is 0 Å². The summed E-state index contributed by atoms with van der Waals surface area (Å²) in [5.74, 6) is -0.527. The van der Waals surface area contributed by atoms with Gasteiger partial charge in [-0.2, -0.15) is 0 Å². The second-order valence-corrected chi connectivity index (χ2v) is 13.3. The van der Waals surface area contributed by atoms with Gasteiger partial charge in [-0.15, -0.1) is 0 Å². The Balaban J connectivity index is 1.38. The van der Waals surface area contributed by atoms with E-state index in [1.165, 1.54) is 19.1 Å². The lowest BCUT2D eigenvalue weighted by atomic mass is 10.0. The molecule has 6 rings (SSSR count). The first-order chi connectivity index (χ1) is 26.1. The van der Waals surface area contributed by atoms with Crippen LogP contribution in [-0.4, -0.2) is 93.1 Å². The van der Waals surface area contributed by atoms with Gasteiger partial charge in [-0.3, -0.25) is 24.0 Å². The average molecular weight is 744 g/mol. The maximum Gasteiger partial charge on any atom is 0.252 e. The summed E-state index contributed by atoms with van der Waals surface area (Å²) in [7, 11) is 3.00. The molecule has 0 unspecified atom stereocenters. The molecule has 3 aromatic rings. The number of hydrogen-bond acceptors (Lipinski definition) is 9. The molecule has 14 nitrogen and oxygen atoms in total.